The third-order valence-electron chi connectivity index (χ3n) is 2.70. The number of rotatable bonds is 6. The molecular weight excluding hydrogens is 294 g/mol. The number of urea groups is 1. The molecule has 0 saturated carbocycles. The van der Waals surface area contributed by atoms with E-state index in [1.54, 1.807) is 25.1 Å². The van der Waals surface area contributed by atoms with Crippen molar-refractivity contribution in [2.24, 2.45) is 0 Å². The lowest BCUT2D eigenvalue weighted by Gasteiger charge is -2.15. The van der Waals surface area contributed by atoms with Gasteiger partial charge in [0.15, 0.2) is 0 Å². The fraction of sp³-hybridized carbons (Fsp3) is 0.429. The molecule has 1 unspecified atom stereocenters. The minimum absolute atomic E-state index is 0.231. The van der Waals surface area contributed by atoms with Crippen LogP contribution in [-0.4, -0.2) is 31.6 Å². The Labute approximate surface area is 129 Å². The van der Waals surface area contributed by atoms with Crippen LogP contribution < -0.4 is 20.7 Å². The smallest absolute Gasteiger partial charge is 0.319 e. The van der Waals surface area contributed by atoms with Crippen LogP contribution >= 0.6 is 11.6 Å². The van der Waals surface area contributed by atoms with Gasteiger partial charge in [-0.05, 0) is 31.5 Å². The van der Waals surface area contributed by atoms with Gasteiger partial charge in [-0.15, -0.1) is 0 Å². The Bertz CT molecular complexity index is 508. The molecule has 3 amide bonds. The Morgan fingerprint density at radius 2 is 2.10 bits per heavy atom. The Morgan fingerprint density at radius 3 is 2.71 bits per heavy atom. The largest absolute Gasteiger partial charge is 0.495 e. The third kappa shape index (κ3) is 5.51. The van der Waals surface area contributed by atoms with Crippen LogP contribution in [0.25, 0.3) is 0 Å². The molecule has 0 saturated heterocycles. The van der Waals surface area contributed by atoms with Gasteiger partial charge >= 0.3 is 6.03 Å². The van der Waals surface area contributed by atoms with Crippen LogP contribution in [0.5, 0.6) is 5.75 Å². The lowest BCUT2D eigenvalue weighted by atomic mass is 10.3. The number of benzene rings is 1. The number of carbonyl (C=O) groups excluding carboxylic acids is 2. The minimum atomic E-state index is -0.637. The first-order valence-electron chi connectivity index (χ1n) is 6.66. The van der Waals surface area contributed by atoms with Gasteiger partial charge in [0.25, 0.3) is 0 Å². The Kier molecular flexibility index (Phi) is 6.81. The van der Waals surface area contributed by atoms with Crippen molar-refractivity contribution < 1.29 is 14.3 Å². The number of hydrogen-bond donors (Lipinski definition) is 3. The zero-order valence-electron chi connectivity index (χ0n) is 12.3. The van der Waals surface area contributed by atoms with E-state index in [0.29, 0.717) is 23.0 Å². The minimum Gasteiger partial charge on any atom is -0.495 e. The molecule has 1 aromatic rings. The summed E-state index contributed by atoms with van der Waals surface area (Å²) < 4.78 is 5.13. The number of nitrogens with one attached hydrogen (secondary N) is 3. The zero-order valence-corrected chi connectivity index (χ0v) is 13.1. The lowest BCUT2D eigenvalue weighted by Crippen LogP contribution is -2.46. The normalized spacial score (nSPS) is 11.4. The monoisotopic (exact) mass is 313 g/mol. The van der Waals surface area contributed by atoms with Gasteiger partial charge in [-0.25, -0.2) is 4.79 Å². The second kappa shape index (κ2) is 8.36. The van der Waals surface area contributed by atoms with Crippen molar-refractivity contribution in [2.45, 2.75) is 26.3 Å². The molecule has 7 heteroatoms. The second-order valence-corrected chi connectivity index (χ2v) is 4.89. The first-order valence-corrected chi connectivity index (χ1v) is 7.04. The van der Waals surface area contributed by atoms with Crippen molar-refractivity contribution in [2.75, 3.05) is 19.0 Å². The number of methoxy groups -OCH3 is 1. The van der Waals surface area contributed by atoms with E-state index in [1.165, 1.54) is 7.11 Å². The van der Waals surface area contributed by atoms with E-state index >= 15 is 0 Å². The molecule has 0 heterocycles. The highest BCUT2D eigenvalue weighted by Gasteiger charge is 2.16. The highest BCUT2D eigenvalue weighted by molar-refractivity contribution is 6.31. The van der Waals surface area contributed by atoms with Crippen LogP contribution in [0.2, 0.25) is 5.02 Å². The number of amides is 3. The molecule has 0 bridgehead atoms. The molecule has 0 aliphatic carbocycles. The number of anilines is 1. The molecule has 1 aromatic carbocycles. The molecule has 1 rings (SSSR count). The summed E-state index contributed by atoms with van der Waals surface area (Å²) in [4.78, 5) is 23.5. The van der Waals surface area contributed by atoms with Crippen molar-refractivity contribution in [1.82, 2.24) is 10.6 Å². The molecule has 0 aliphatic heterocycles. The molecule has 116 valence electrons. The van der Waals surface area contributed by atoms with E-state index in [9.17, 15) is 9.59 Å². The molecular formula is C14H20ClN3O3. The summed E-state index contributed by atoms with van der Waals surface area (Å²) in [5.41, 5.74) is 0.434. The number of hydrogen-bond acceptors (Lipinski definition) is 3. The Hall–Kier alpha value is -1.95. The summed E-state index contributed by atoms with van der Waals surface area (Å²) in [7, 11) is 1.49. The average Bonchev–Trinajstić information content (AvgIpc) is 2.44. The van der Waals surface area contributed by atoms with Crippen LogP contribution in [0, 0.1) is 0 Å². The molecule has 0 aromatic heterocycles. The molecule has 0 spiro atoms. The maximum absolute atomic E-state index is 11.9. The van der Waals surface area contributed by atoms with Gasteiger partial charge in [-0.1, -0.05) is 18.5 Å². The van der Waals surface area contributed by atoms with Crippen LogP contribution in [0.4, 0.5) is 10.5 Å². The van der Waals surface area contributed by atoms with Gasteiger partial charge in [0.2, 0.25) is 5.91 Å². The highest BCUT2D eigenvalue weighted by atomic mass is 35.5. The van der Waals surface area contributed by atoms with Gasteiger partial charge in [0.05, 0.1) is 12.8 Å². The van der Waals surface area contributed by atoms with E-state index in [2.05, 4.69) is 16.0 Å². The van der Waals surface area contributed by atoms with Crippen molar-refractivity contribution in [3.63, 3.8) is 0 Å². The lowest BCUT2D eigenvalue weighted by molar-refractivity contribution is -0.122. The quantitative estimate of drug-likeness (QED) is 0.754. The van der Waals surface area contributed by atoms with E-state index in [1.807, 2.05) is 6.92 Å². The summed E-state index contributed by atoms with van der Waals surface area (Å²) in [5.74, 6) is 0.252. The fourth-order valence-electron chi connectivity index (χ4n) is 1.60. The van der Waals surface area contributed by atoms with Gasteiger partial charge in [-0.2, -0.15) is 0 Å². The molecule has 0 aliphatic rings. The third-order valence-corrected chi connectivity index (χ3v) is 2.93. The topological polar surface area (TPSA) is 79.5 Å². The molecule has 1 atom stereocenters. The van der Waals surface area contributed by atoms with Crippen molar-refractivity contribution in [1.29, 1.82) is 0 Å². The predicted octanol–water partition coefficient (Wildman–Crippen LogP) is 2.38. The standard InChI is InChI=1S/C14H20ClN3O3/c1-4-7-16-13(19)9(2)17-14(20)18-11-8-10(15)5-6-12(11)21-3/h5-6,8-9H,4,7H2,1-3H3,(H,16,19)(H2,17,18,20). The van der Waals surface area contributed by atoms with Gasteiger partial charge in [0, 0.05) is 11.6 Å². The van der Waals surface area contributed by atoms with E-state index in [-0.39, 0.29) is 5.91 Å². The summed E-state index contributed by atoms with van der Waals surface area (Å²) in [6.45, 7) is 4.14. The molecule has 6 nitrogen and oxygen atoms in total. The van der Waals surface area contributed by atoms with Gasteiger partial charge in [0.1, 0.15) is 11.8 Å². The van der Waals surface area contributed by atoms with Crippen LogP contribution in [0.15, 0.2) is 18.2 Å². The number of carbonyl (C=O) groups is 2. The Balaban J connectivity index is 2.61. The highest BCUT2D eigenvalue weighted by Crippen LogP contribution is 2.27. The average molecular weight is 314 g/mol. The van der Waals surface area contributed by atoms with Gasteiger partial charge < -0.3 is 20.7 Å². The van der Waals surface area contributed by atoms with E-state index in [4.69, 9.17) is 16.3 Å². The molecule has 21 heavy (non-hydrogen) atoms. The van der Waals surface area contributed by atoms with Gasteiger partial charge in [-0.3, -0.25) is 4.79 Å². The predicted molar refractivity (Wildman–Crippen MR) is 82.9 cm³/mol. The first kappa shape index (κ1) is 17.1. The van der Waals surface area contributed by atoms with E-state index < -0.39 is 12.1 Å². The van der Waals surface area contributed by atoms with Crippen molar-refractivity contribution in [3.05, 3.63) is 23.2 Å². The molecule has 0 radical (unpaired) electrons. The Morgan fingerprint density at radius 1 is 1.38 bits per heavy atom. The summed E-state index contributed by atoms with van der Waals surface area (Å²) >= 11 is 5.88. The SMILES string of the molecule is CCCNC(=O)C(C)NC(=O)Nc1cc(Cl)ccc1OC. The summed E-state index contributed by atoms with van der Waals surface area (Å²) in [5, 5.41) is 8.33. The number of halogens is 1. The van der Waals surface area contributed by atoms with Crippen LogP contribution in [0.3, 0.4) is 0 Å². The van der Waals surface area contributed by atoms with E-state index in [0.717, 1.165) is 6.42 Å². The maximum Gasteiger partial charge on any atom is 0.319 e. The molecule has 3 N–H and O–H groups in total. The zero-order chi connectivity index (χ0) is 15.8. The van der Waals surface area contributed by atoms with Crippen LogP contribution in [-0.2, 0) is 4.79 Å². The summed E-state index contributed by atoms with van der Waals surface area (Å²) in [6.07, 6.45) is 0.838. The van der Waals surface area contributed by atoms with Crippen molar-refractivity contribution in [3.8, 4) is 5.75 Å². The summed E-state index contributed by atoms with van der Waals surface area (Å²) in [6, 6.07) is 3.73. The fourth-order valence-corrected chi connectivity index (χ4v) is 1.77. The first-order chi connectivity index (χ1) is 9.97. The van der Waals surface area contributed by atoms with Crippen molar-refractivity contribution >= 4 is 29.2 Å². The van der Waals surface area contributed by atoms with Crippen LogP contribution in [0.1, 0.15) is 20.3 Å². The second-order valence-electron chi connectivity index (χ2n) is 4.46. The molecule has 0 fully saturated rings. The number of ether oxygens (including phenoxy) is 1. The maximum atomic E-state index is 11.9.